The van der Waals surface area contributed by atoms with E-state index in [4.69, 9.17) is 5.73 Å². The summed E-state index contributed by atoms with van der Waals surface area (Å²) < 4.78 is 3.91. The van der Waals surface area contributed by atoms with Crippen LogP contribution >= 0.6 is 11.5 Å². The van der Waals surface area contributed by atoms with Crippen molar-refractivity contribution in [2.45, 2.75) is 39.2 Å². The quantitative estimate of drug-likeness (QED) is 0.901. The fraction of sp³-hybridized carbons (Fsp3) is 0.750. The fourth-order valence-electron chi connectivity index (χ4n) is 2.27. The lowest BCUT2D eigenvalue weighted by Crippen LogP contribution is -2.33. The van der Waals surface area contributed by atoms with Gasteiger partial charge in [0.05, 0.1) is 5.69 Å². The van der Waals surface area contributed by atoms with Gasteiger partial charge in [-0.2, -0.15) is 0 Å². The molecule has 2 unspecified atom stereocenters. The standard InChI is InChI=1S/C12H20N4OS/c1-7(2)10-11(18-15-14-10)12(17)16-5-4-9(6-16)8(3)13/h7-9H,4-6,13H2,1-3H3. The maximum atomic E-state index is 12.4. The van der Waals surface area contributed by atoms with Crippen molar-refractivity contribution in [1.29, 1.82) is 0 Å². The van der Waals surface area contributed by atoms with Crippen LogP contribution in [0.1, 0.15) is 48.5 Å². The van der Waals surface area contributed by atoms with Gasteiger partial charge in [0, 0.05) is 19.1 Å². The molecule has 18 heavy (non-hydrogen) atoms. The molecule has 1 amide bonds. The molecular formula is C12H20N4OS. The molecule has 1 aliphatic rings. The van der Waals surface area contributed by atoms with E-state index in [1.54, 1.807) is 0 Å². The van der Waals surface area contributed by atoms with Gasteiger partial charge in [-0.1, -0.05) is 18.3 Å². The van der Waals surface area contributed by atoms with Crippen LogP contribution in [-0.4, -0.2) is 39.5 Å². The van der Waals surface area contributed by atoms with Crippen molar-refractivity contribution in [3.05, 3.63) is 10.6 Å². The van der Waals surface area contributed by atoms with Crippen LogP contribution in [0.2, 0.25) is 0 Å². The van der Waals surface area contributed by atoms with Gasteiger partial charge in [-0.15, -0.1) is 5.10 Å². The number of hydrogen-bond acceptors (Lipinski definition) is 5. The minimum atomic E-state index is 0.0665. The first-order chi connectivity index (χ1) is 8.50. The predicted molar refractivity (Wildman–Crippen MR) is 71.7 cm³/mol. The molecule has 5 nitrogen and oxygen atoms in total. The Hall–Kier alpha value is -1.01. The fourth-order valence-corrected chi connectivity index (χ4v) is 3.06. The molecule has 1 saturated heterocycles. The Bertz CT molecular complexity index is 429. The SMILES string of the molecule is CC(C)c1nnsc1C(=O)N1CCC(C(C)N)C1. The lowest BCUT2D eigenvalue weighted by atomic mass is 10.0. The molecule has 2 heterocycles. The topological polar surface area (TPSA) is 72.1 Å². The summed E-state index contributed by atoms with van der Waals surface area (Å²) in [6.07, 6.45) is 0.993. The lowest BCUT2D eigenvalue weighted by Gasteiger charge is -2.17. The number of nitrogens with two attached hydrogens (primary N) is 1. The van der Waals surface area contributed by atoms with Crippen molar-refractivity contribution in [3.8, 4) is 0 Å². The van der Waals surface area contributed by atoms with E-state index in [0.29, 0.717) is 10.8 Å². The zero-order chi connectivity index (χ0) is 13.3. The van der Waals surface area contributed by atoms with Gasteiger partial charge in [-0.25, -0.2) is 0 Å². The summed E-state index contributed by atoms with van der Waals surface area (Å²) in [5.41, 5.74) is 6.71. The summed E-state index contributed by atoms with van der Waals surface area (Å²) in [5, 5.41) is 4.06. The van der Waals surface area contributed by atoms with Gasteiger partial charge in [0.2, 0.25) is 0 Å². The second-order valence-corrected chi connectivity index (χ2v) is 6.06. The van der Waals surface area contributed by atoms with Gasteiger partial charge in [0.15, 0.2) is 0 Å². The minimum Gasteiger partial charge on any atom is -0.337 e. The van der Waals surface area contributed by atoms with E-state index in [1.807, 2.05) is 25.7 Å². The lowest BCUT2D eigenvalue weighted by molar-refractivity contribution is 0.0789. The van der Waals surface area contributed by atoms with Crippen molar-refractivity contribution >= 4 is 17.4 Å². The van der Waals surface area contributed by atoms with E-state index in [1.165, 1.54) is 11.5 Å². The van der Waals surface area contributed by atoms with Gasteiger partial charge in [-0.05, 0) is 36.7 Å². The maximum absolute atomic E-state index is 12.4. The summed E-state index contributed by atoms with van der Waals surface area (Å²) >= 11 is 1.20. The Morgan fingerprint density at radius 3 is 2.78 bits per heavy atom. The van der Waals surface area contributed by atoms with Gasteiger partial charge in [0.25, 0.3) is 5.91 Å². The van der Waals surface area contributed by atoms with Crippen LogP contribution < -0.4 is 5.73 Å². The second kappa shape index (κ2) is 5.32. The van der Waals surface area contributed by atoms with E-state index in [2.05, 4.69) is 9.59 Å². The number of likely N-dealkylation sites (tertiary alicyclic amines) is 1. The average molecular weight is 268 g/mol. The molecule has 1 aromatic heterocycles. The number of rotatable bonds is 3. The third-order valence-corrected chi connectivity index (χ3v) is 4.24. The predicted octanol–water partition coefficient (Wildman–Crippen LogP) is 1.47. The Balaban J connectivity index is 2.11. The van der Waals surface area contributed by atoms with Crippen LogP contribution in [0.15, 0.2) is 0 Å². The third kappa shape index (κ3) is 2.54. The highest BCUT2D eigenvalue weighted by molar-refractivity contribution is 7.08. The first-order valence-corrected chi connectivity index (χ1v) is 7.15. The molecule has 2 N–H and O–H groups in total. The third-order valence-electron chi connectivity index (χ3n) is 3.51. The van der Waals surface area contributed by atoms with E-state index in [0.717, 1.165) is 25.2 Å². The molecule has 0 aliphatic carbocycles. The Morgan fingerprint density at radius 1 is 1.50 bits per heavy atom. The molecule has 0 saturated carbocycles. The zero-order valence-electron chi connectivity index (χ0n) is 11.1. The molecule has 2 rings (SSSR count). The van der Waals surface area contributed by atoms with Crippen molar-refractivity contribution in [3.63, 3.8) is 0 Å². The molecule has 0 aromatic carbocycles. The van der Waals surface area contributed by atoms with Crippen LogP contribution in [0.4, 0.5) is 0 Å². The number of aromatic nitrogens is 2. The first-order valence-electron chi connectivity index (χ1n) is 6.37. The van der Waals surface area contributed by atoms with Gasteiger partial charge in [0.1, 0.15) is 4.88 Å². The van der Waals surface area contributed by atoms with Gasteiger partial charge >= 0.3 is 0 Å². The molecule has 1 aromatic rings. The summed E-state index contributed by atoms with van der Waals surface area (Å²) in [6.45, 7) is 7.61. The number of carbonyl (C=O) groups excluding carboxylic acids is 1. The smallest absolute Gasteiger partial charge is 0.267 e. The number of carbonyl (C=O) groups is 1. The molecule has 1 aliphatic heterocycles. The van der Waals surface area contributed by atoms with Crippen LogP contribution in [0.25, 0.3) is 0 Å². The molecule has 0 radical (unpaired) electrons. The van der Waals surface area contributed by atoms with E-state index >= 15 is 0 Å². The normalized spacial score (nSPS) is 21.6. The molecule has 1 fully saturated rings. The van der Waals surface area contributed by atoms with Crippen molar-refractivity contribution < 1.29 is 4.79 Å². The number of amides is 1. The second-order valence-electron chi connectivity index (χ2n) is 5.30. The summed E-state index contributed by atoms with van der Waals surface area (Å²) in [6, 6.07) is 0.145. The van der Waals surface area contributed by atoms with Crippen molar-refractivity contribution in [2.75, 3.05) is 13.1 Å². The van der Waals surface area contributed by atoms with Crippen molar-refractivity contribution in [2.24, 2.45) is 11.7 Å². The molecule has 6 heteroatoms. The van der Waals surface area contributed by atoms with Gasteiger partial charge in [-0.3, -0.25) is 4.79 Å². The highest BCUT2D eigenvalue weighted by atomic mass is 32.1. The molecule has 100 valence electrons. The highest BCUT2D eigenvalue weighted by Gasteiger charge is 2.31. The Morgan fingerprint density at radius 2 is 2.22 bits per heavy atom. The monoisotopic (exact) mass is 268 g/mol. The Labute approximate surface area is 112 Å². The highest BCUT2D eigenvalue weighted by Crippen LogP contribution is 2.25. The van der Waals surface area contributed by atoms with Crippen molar-refractivity contribution in [1.82, 2.24) is 14.5 Å². The van der Waals surface area contributed by atoms with E-state index < -0.39 is 0 Å². The maximum Gasteiger partial charge on any atom is 0.267 e. The zero-order valence-corrected chi connectivity index (χ0v) is 11.9. The van der Waals surface area contributed by atoms with Crippen LogP contribution in [-0.2, 0) is 0 Å². The summed E-state index contributed by atoms with van der Waals surface area (Å²) in [4.78, 5) is 15.0. The Kier molecular flexibility index (Phi) is 3.97. The van der Waals surface area contributed by atoms with Crippen LogP contribution in [0.5, 0.6) is 0 Å². The van der Waals surface area contributed by atoms with Crippen LogP contribution in [0.3, 0.4) is 0 Å². The molecule has 0 bridgehead atoms. The number of hydrogen-bond donors (Lipinski definition) is 1. The van der Waals surface area contributed by atoms with E-state index in [-0.39, 0.29) is 17.9 Å². The molecule has 2 atom stereocenters. The molecule has 0 spiro atoms. The average Bonchev–Trinajstić information content (AvgIpc) is 2.97. The van der Waals surface area contributed by atoms with Crippen LogP contribution in [0, 0.1) is 5.92 Å². The molecular weight excluding hydrogens is 248 g/mol. The van der Waals surface area contributed by atoms with E-state index in [9.17, 15) is 4.79 Å². The summed E-state index contributed by atoms with van der Waals surface area (Å²) in [7, 11) is 0. The first kappa shape index (κ1) is 13.4. The minimum absolute atomic E-state index is 0.0665. The summed E-state index contributed by atoms with van der Waals surface area (Å²) in [5.74, 6) is 0.712. The van der Waals surface area contributed by atoms with Gasteiger partial charge < -0.3 is 10.6 Å². The number of nitrogens with zero attached hydrogens (tertiary/aromatic N) is 3. The largest absolute Gasteiger partial charge is 0.337 e.